The first kappa shape index (κ1) is 18.6. The lowest BCUT2D eigenvalue weighted by molar-refractivity contribution is -0.117. The van der Waals surface area contributed by atoms with E-state index in [1.807, 2.05) is 6.92 Å². The zero-order valence-electron chi connectivity index (χ0n) is 14.7. The number of carbonyl (C=O) groups is 3. The quantitative estimate of drug-likeness (QED) is 0.764. The average Bonchev–Trinajstić information content (AvgIpc) is 3.38. The molecule has 2 aromatic rings. The third-order valence-electron chi connectivity index (χ3n) is 4.51. The lowest BCUT2D eigenvalue weighted by Gasteiger charge is -2.11. The lowest BCUT2D eigenvalue weighted by Crippen LogP contribution is -2.18. The van der Waals surface area contributed by atoms with Gasteiger partial charge in [-0.2, -0.15) is 0 Å². The number of halogens is 1. The molecule has 0 saturated heterocycles. The molecular formula is C20H19FN2O4. The van der Waals surface area contributed by atoms with Gasteiger partial charge in [0.1, 0.15) is 12.4 Å². The second-order valence-electron chi connectivity index (χ2n) is 6.64. The predicted octanol–water partition coefficient (Wildman–Crippen LogP) is 2.88. The molecule has 2 amide bonds. The van der Waals surface area contributed by atoms with E-state index in [1.54, 1.807) is 12.1 Å². The molecule has 0 heterocycles. The van der Waals surface area contributed by atoms with Crippen molar-refractivity contribution in [1.29, 1.82) is 0 Å². The van der Waals surface area contributed by atoms with Gasteiger partial charge in [0.15, 0.2) is 0 Å². The van der Waals surface area contributed by atoms with Gasteiger partial charge in [0.25, 0.3) is 0 Å². The molecule has 140 valence electrons. The van der Waals surface area contributed by atoms with E-state index in [4.69, 9.17) is 10.5 Å². The summed E-state index contributed by atoms with van der Waals surface area (Å²) in [6, 6.07) is 9.81. The summed E-state index contributed by atoms with van der Waals surface area (Å²) in [5.74, 6) is -1.88. The summed E-state index contributed by atoms with van der Waals surface area (Å²) >= 11 is 0. The van der Waals surface area contributed by atoms with Crippen molar-refractivity contribution in [1.82, 2.24) is 0 Å². The van der Waals surface area contributed by atoms with E-state index in [2.05, 4.69) is 5.32 Å². The minimum Gasteiger partial charge on any atom is -0.457 e. The zero-order valence-corrected chi connectivity index (χ0v) is 14.7. The Morgan fingerprint density at radius 2 is 1.85 bits per heavy atom. The van der Waals surface area contributed by atoms with Crippen molar-refractivity contribution in [2.45, 2.75) is 20.0 Å². The Morgan fingerprint density at radius 1 is 1.19 bits per heavy atom. The van der Waals surface area contributed by atoms with Crippen LogP contribution in [0.3, 0.4) is 0 Å². The third-order valence-corrected chi connectivity index (χ3v) is 4.51. The number of hydrogen-bond donors (Lipinski definition) is 2. The fourth-order valence-corrected chi connectivity index (χ4v) is 2.70. The minimum absolute atomic E-state index is 0.0505. The number of esters is 1. The van der Waals surface area contributed by atoms with Crippen LogP contribution in [0.25, 0.3) is 0 Å². The van der Waals surface area contributed by atoms with Crippen LogP contribution in [0.15, 0.2) is 42.5 Å². The molecule has 2 atom stereocenters. The average molecular weight is 370 g/mol. The molecule has 27 heavy (non-hydrogen) atoms. The van der Waals surface area contributed by atoms with Crippen LogP contribution in [0, 0.1) is 17.7 Å². The summed E-state index contributed by atoms with van der Waals surface area (Å²) in [4.78, 5) is 35.6. The maximum atomic E-state index is 13.6. The van der Waals surface area contributed by atoms with E-state index >= 15 is 0 Å². The molecule has 6 nitrogen and oxygen atoms in total. The highest BCUT2D eigenvalue weighted by Gasteiger charge is 2.39. The number of hydrogen-bond acceptors (Lipinski definition) is 4. The molecule has 0 aliphatic heterocycles. The number of ether oxygens (including phenoxy) is 1. The first-order valence-corrected chi connectivity index (χ1v) is 8.51. The molecule has 7 heteroatoms. The van der Waals surface area contributed by atoms with Crippen LogP contribution >= 0.6 is 0 Å². The fourth-order valence-electron chi connectivity index (χ4n) is 2.70. The first-order chi connectivity index (χ1) is 12.8. The van der Waals surface area contributed by atoms with Crippen LogP contribution in [0.4, 0.5) is 10.1 Å². The summed E-state index contributed by atoms with van der Waals surface area (Å²) in [6.45, 7) is 1.90. The Bertz CT molecular complexity index is 895. The Kier molecular flexibility index (Phi) is 5.21. The van der Waals surface area contributed by atoms with Crippen molar-refractivity contribution in [3.05, 3.63) is 65.0 Å². The van der Waals surface area contributed by atoms with Crippen LogP contribution in [-0.4, -0.2) is 17.8 Å². The molecule has 0 aromatic heterocycles. The molecule has 1 aliphatic carbocycles. The fraction of sp³-hybridized carbons (Fsp3) is 0.250. The molecule has 1 aliphatic rings. The van der Waals surface area contributed by atoms with Crippen molar-refractivity contribution in [2.24, 2.45) is 17.6 Å². The van der Waals surface area contributed by atoms with Crippen molar-refractivity contribution >= 4 is 23.5 Å². The van der Waals surface area contributed by atoms with Gasteiger partial charge in [-0.1, -0.05) is 19.1 Å². The molecule has 1 saturated carbocycles. The SMILES string of the molecule is C[C@@H]1C[C@@H]1C(=O)Nc1ccc(F)cc1C(=O)OCc1ccc(C(N)=O)cc1. The predicted molar refractivity (Wildman–Crippen MR) is 96.4 cm³/mol. The number of nitrogens with two attached hydrogens (primary N) is 1. The molecule has 0 bridgehead atoms. The molecule has 0 spiro atoms. The smallest absolute Gasteiger partial charge is 0.340 e. The third kappa shape index (κ3) is 4.49. The van der Waals surface area contributed by atoms with Gasteiger partial charge < -0.3 is 15.8 Å². The number of anilines is 1. The van der Waals surface area contributed by atoms with E-state index in [9.17, 15) is 18.8 Å². The largest absolute Gasteiger partial charge is 0.457 e. The maximum Gasteiger partial charge on any atom is 0.340 e. The molecule has 2 aromatic carbocycles. The monoisotopic (exact) mass is 370 g/mol. The number of carbonyl (C=O) groups excluding carboxylic acids is 3. The molecule has 0 radical (unpaired) electrons. The van der Waals surface area contributed by atoms with E-state index in [1.165, 1.54) is 24.3 Å². The van der Waals surface area contributed by atoms with Crippen molar-refractivity contribution in [2.75, 3.05) is 5.32 Å². The number of nitrogens with one attached hydrogen (secondary N) is 1. The normalized spacial score (nSPS) is 17.9. The van der Waals surface area contributed by atoms with Crippen LogP contribution in [0.2, 0.25) is 0 Å². The van der Waals surface area contributed by atoms with Crippen LogP contribution < -0.4 is 11.1 Å². The van der Waals surface area contributed by atoms with Gasteiger partial charge in [-0.25, -0.2) is 9.18 Å². The molecule has 3 N–H and O–H groups in total. The van der Waals surface area contributed by atoms with Gasteiger partial charge in [0.2, 0.25) is 11.8 Å². The number of amides is 2. The second-order valence-corrected chi connectivity index (χ2v) is 6.64. The van der Waals surface area contributed by atoms with Gasteiger partial charge in [0, 0.05) is 11.5 Å². The van der Waals surface area contributed by atoms with Crippen molar-refractivity contribution in [3.63, 3.8) is 0 Å². The lowest BCUT2D eigenvalue weighted by atomic mass is 10.1. The topological polar surface area (TPSA) is 98.5 Å². The number of benzene rings is 2. The maximum absolute atomic E-state index is 13.6. The van der Waals surface area contributed by atoms with E-state index < -0.39 is 17.7 Å². The zero-order chi connectivity index (χ0) is 19.6. The van der Waals surface area contributed by atoms with Gasteiger partial charge in [-0.05, 0) is 48.2 Å². The molecule has 3 rings (SSSR count). The van der Waals surface area contributed by atoms with Gasteiger partial charge >= 0.3 is 5.97 Å². The first-order valence-electron chi connectivity index (χ1n) is 8.51. The number of rotatable bonds is 6. The highest BCUT2D eigenvalue weighted by Crippen LogP contribution is 2.38. The number of primary amides is 1. The van der Waals surface area contributed by atoms with Crippen LogP contribution in [0.1, 0.15) is 39.6 Å². The highest BCUT2D eigenvalue weighted by molar-refractivity contribution is 6.02. The van der Waals surface area contributed by atoms with Gasteiger partial charge in [-0.15, -0.1) is 0 Å². The molecule has 1 fully saturated rings. The molecule has 0 unspecified atom stereocenters. The summed E-state index contributed by atoms with van der Waals surface area (Å²) in [6.07, 6.45) is 0.800. The van der Waals surface area contributed by atoms with Crippen LogP contribution in [0.5, 0.6) is 0 Å². The summed E-state index contributed by atoms with van der Waals surface area (Å²) < 4.78 is 18.8. The summed E-state index contributed by atoms with van der Waals surface area (Å²) in [5.41, 5.74) is 6.32. The Labute approximate surface area is 155 Å². The van der Waals surface area contributed by atoms with E-state index in [0.717, 1.165) is 12.5 Å². The van der Waals surface area contributed by atoms with E-state index in [-0.39, 0.29) is 29.7 Å². The molecular weight excluding hydrogens is 351 g/mol. The summed E-state index contributed by atoms with van der Waals surface area (Å²) in [5, 5.41) is 2.67. The van der Waals surface area contributed by atoms with Crippen molar-refractivity contribution in [3.8, 4) is 0 Å². The Morgan fingerprint density at radius 3 is 2.44 bits per heavy atom. The minimum atomic E-state index is -0.757. The Hall–Kier alpha value is -3.22. The Balaban J connectivity index is 1.69. The van der Waals surface area contributed by atoms with Gasteiger partial charge in [-0.3, -0.25) is 9.59 Å². The highest BCUT2D eigenvalue weighted by atomic mass is 19.1. The van der Waals surface area contributed by atoms with E-state index in [0.29, 0.717) is 17.0 Å². The van der Waals surface area contributed by atoms with Crippen LogP contribution in [-0.2, 0) is 16.1 Å². The second kappa shape index (κ2) is 7.57. The standard InChI is InChI=1S/C20H19FN2O4/c1-11-8-15(11)19(25)23-17-7-6-14(21)9-16(17)20(26)27-10-12-2-4-13(5-3-12)18(22)24/h2-7,9,11,15H,8,10H2,1H3,(H2,22,24)(H,23,25)/t11-,15+/m1/s1. The summed E-state index contributed by atoms with van der Waals surface area (Å²) in [7, 11) is 0. The van der Waals surface area contributed by atoms with Crippen molar-refractivity contribution < 1.29 is 23.5 Å². The van der Waals surface area contributed by atoms with Gasteiger partial charge in [0.05, 0.1) is 11.3 Å².